The summed E-state index contributed by atoms with van der Waals surface area (Å²) in [6, 6.07) is 93.5. The Morgan fingerprint density at radius 2 is 0.457 bits per heavy atom. The molecule has 10 aromatic rings. The van der Waals surface area contributed by atoms with Gasteiger partial charge in [-0.05, 0) is 91.0 Å². The first kappa shape index (κ1) is 51.2. The van der Waals surface area contributed by atoms with Crippen molar-refractivity contribution in [2.75, 3.05) is 0 Å². The maximum Gasteiger partial charge on any atom is 0.195 e. The van der Waals surface area contributed by atoms with E-state index in [2.05, 4.69) is 96.5 Å². The van der Waals surface area contributed by atoms with Crippen LogP contribution < -0.4 is 4.74 Å². The van der Waals surface area contributed by atoms with Crippen molar-refractivity contribution in [2.45, 2.75) is 25.7 Å². The molecule has 10 aromatic carbocycles. The Morgan fingerprint density at radius 3 is 0.765 bits per heavy atom. The molecule has 3 heteroatoms. The van der Waals surface area contributed by atoms with Crippen molar-refractivity contribution < 1.29 is 14.3 Å². The van der Waals surface area contributed by atoms with E-state index >= 15 is 9.59 Å². The molecule has 2 aliphatic rings. The first-order valence-corrected chi connectivity index (χ1v) is 27.4. The molecular formula is C78H54O3. The Balaban J connectivity index is 0.885. The molecule has 384 valence electrons. The van der Waals surface area contributed by atoms with Gasteiger partial charge in [0.05, 0.1) is 0 Å². The summed E-state index contributed by atoms with van der Waals surface area (Å²) in [5.41, 5.74) is 17.7. The summed E-state index contributed by atoms with van der Waals surface area (Å²) in [5, 5.41) is 0. The predicted molar refractivity (Wildman–Crippen MR) is 332 cm³/mol. The van der Waals surface area contributed by atoms with Crippen LogP contribution in [0, 0.1) is 23.7 Å². The molecule has 0 saturated carbocycles. The number of benzene rings is 10. The van der Waals surface area contributed by atoms with Crippen LogP contribution in [0.4, 0.5) is 0 Å². The van der Waals surface area contributed by atoms with Crippen LogP contribution >= 0.6 is 0 Å². The number of ether oxygens (including phenoxy) is 1. The van der Waals surface area contributed by atoms with Crippen LogP contribution in [0.25, 0.3) is 44.6 Å². The van der Waals surface area contributed by atoms with Crippen molar-refractivity contribution in [3.63, 3.8) is 0 Å². The molecule has 0 radical (unpaired) electrons. The van der Waals surface area contributed by atoms with Gasteiger partial charge in [-0.2, -0.15) is 0 Å². The van der Waals surface area contributed by atoms with Gasteiger partial charge in [-0.1, -0.05) is 278 Å². The Bertz CT molecular complexity index is 3930. The highest BCUT2D eigenvalue weighted by atomic mass is 16.5. The van der Waals surface area contributed by atoms with Crippen LogP contribution in [0.2, 0.25) is 0 Å². The second-order valence-electron chi connectivity index (χ2n) is 20.1. The Morgan fingerprint density at radius 1 is 0.222 bits per heavy atom. The summed E-state index contributed by atoms with van der Waals surface area (Å²) >= 11 is 0. The molecule has 0 bridgehead atoms. The van der Waals surface area contributed by atoms with E-state index < -0.39 is 0 Å². The normalized spacial score (nSPS) is 13.0. The van der Waals surface area contributed by atoms with E-state index in [1.807, 2.05) is 206 Å². The Kier molecular flexibility index (Phi) is 15.2. The van der Waals surface area contributed by atoms with Crippen LogP contribution in [0.1, 0.15) is 66.8 Å². The molecule has 0 aliphatic heterocycles. The van der Waals surface area contributed by atoms with Gasteiger partial charge in [0.25, 0.3) is 0 Å². The number of rotatable bonds is 14. The minimum Gasteiger partial charge on any atom is -0.457 e. The first-order chi connectivity index (χ1) is 40.0. The average molecular weight is 1040 g/mol. The van der Waals surface area contributed by atoms with E-state index in [0.717, 1.165) is 77.9 Å². The fraction of sp³-hybridized carbons (Fsp3) is 0.0513. The van der Waals surface area contributed by atoms with Gasteiger partial charge in [-0.25, -0.2) is 0 Å². The average Bonchev–Trinajstić information content (AvgIpc) is 4.26. The fourth-order valence-electron chi connectivity index (χ4n) is 10.9. The molecule has 0 unspecified atom stereocenters. The van der Waals surface area contributed by atoms with Gasteiger partial charge in [0.1, 0.15) is 11.5 Å². The van der Waals surface area contributed by atoms with Gasteiger partial charge >= 0.3 is 0 Å². The molecular weight excluding hydrogens is 985 g/mol. The lowest BCUT2D eigenvalue weighted by atomic mass is 9.88. The second-order valence-corrected chi connectivity index (χ2v) is 20.1. The Labute approximate surface area is 474 Å². The molecule has 0 amide bonds. The monoisotopic (exact) mass is 1040 g/mol. The summed E-state index contributed by atoms with van der Waals surface area (Å²) in [4.78, 5) is 30.3. The van der Waals surface area contributed by atoms with Crippen molar-refractivity contribution in [2.24, 2.45) is 0 Å². The van der Waals surface area contributed by atoms with Crippen molar-refractivity contribution in [3.05, 3.63) is 346 Å². The maximum atomic E-state index is 15.2. The van der Waals surface area contributed by atoms with Crippen LogP contribution in [-0.4, -0.2) is 11.6 Å². The second kappa shape index (κ2) is 24.0. The van der Waals surface area contributed by atoms with Crippen molar-refractivity contribution in [3.8, 4) is 35.2 Å². The topological polar surface area (TPSA) is 43.4 Å². The smallest absolute Gasteiger partial charge is 0.195 e. The standard InChI is InChI=1S/C78H54O3/c79-77-73(59-35-11-3-12-36-59)69(71(75(77)61-39-15-5-16-40-61)65-43-23-33-57(53-65)31-21-19-29-55-25-7-1-8-26-55)63-45-49-67(50-46-63)81-68-51-47-64(48-52-68)70-72(66-44-24-34-58(54-66)32-22-20-30-56-27-9-2-10-28-56)76(62-41-17-6-18-42-62)78(80)74(70)60-37-13-4-14-38-60/h1-18,23-28,33-54H,29-32H2. The number of carbonyl (C=O) groups excluding carboxylic acids is 2. The van der Waals surface area contributed by atoms with E-state index in [4.69, 9.17) is 4.74 Å². The summed E-state index contributed by atoms with van der Waals surface area (Å²) in [6.45, 7) is 0. The molecule has 81 heavy (non-hydrogen) atoms. The van der Waals surface area contributed by atoms with Crippen molar-refractivity contribution in [1.82, 2.24) is 0 Å². The molecule has 0 saturated heterocycles. The quantitative estimate of drug-likeness (QED) is 0.102. The highest BCUT2D eigenvalue weighted by molar-refractivity contribution is 6.60. The molecule has 0 spiro atoms. The van der Waals surface area contributed by atoms with E-state index in [1.54, 1.807) is 0 Å². The SMILES string of the molecule is O=C1C(c2ccccc2)=C(c2ccc(Oc3ccc(C4=C(c5ccccc5)C(=O)C(c5ccccc5)=C4c4cccc(CC#CCc5ccccc5)c4)cc3)cc2)C(c2cccc(CC#CCc3ccccc3)c2)=C1c1ccccc1. The molecule has 0 aromatic heterocycles. The van der Waals surface area contributed by atoms with Crippen LogP contribution in [0.15, 0.2) is 279 Å². The fourth-order valence-corrected chi connectivity index (χ4v) is 10.9. The third-order valence-electron chi connectivity index (χ3n) is 14.7. The minimum absolute atomic E-state index is 0.0224. The predicted octanol–water partition coefficient (Wildman–Crippen LogP) is 17.3. The lowest BCUT2D eigenvalue weighted by Crippen LogP contribution is -2.01. The number of ketones is 2. The molecule has 0 heterocycles. The lowest BCUT2D eigenvalue weighted by Gasteiger charge is -2.16. The van der Waals surface area contributed by atoms with Crippen LogP contribution in [0.3, 0.4) is 0 Å². The minimum atomic E-state index is -0.0224. The number of carbonyl (C=O) groups is 2. The van der Waals surface area contributed by atoms with Gasteiger partial charge < -0.3 is 4.74 Å². The molecule has 0 atom stereocenters. The Hall–Kier alpha value is -10.6. The third kappa shape index (κ3) is 11.3. The van der Waals surface area contributed by atoms with Gasteiger partial charge in [0.2, 0.25) is 0 Å². The van der Waals surface area contributed by atoms with Gasteiger partial charge in [0, 0.05) is 70.3 Å². The van der Waals surface area contributed by atoms with E-state index in [9.17, 15) is 0 Å². The van der Waals surface area contributed by atoms with Gasteiger partial charge in [-0.3, -0.25) is 9.59 Å². The molecule has 0 N–H and O–H groups in total. The highest BCUT2D eigenvalue weighted by Gasteiger charge is 2.37. The summed E-state index contributed by atoms with van der Waals surface area (Å²) < 4.78 is 6.65. The summed E-state index contributed by atoms with van der Waals surface area (Å²) in [7, 11) is 0. The summed E-state index contributed by atoms with van der Waals surface area (Å²) in [5.74, 6) is 14.8. The van der Waals surface area contributed by atoms with E-state index in [0.29, 0.717) is 59.5 Å². The lowest BCUT2D eigenvalue weighted by molar-refractivity contribution is -0.109. The molecule has 3 nitrogen and oxygen atoms in total. The number of hydrogen-bond acceptors (Lipinski definition) is 3. The number of Topliss-reactive ketones (excluding diaryl/α,β-unsaturated/α-hetero) is 2. The zero-order valence-electron chi connectivity index (χ0n) is 44.6. The van der Waals surface area contributed by atoms with Crippen molar-refractivity contribution in [1.29, 1.82) is 0 Å². The maximum absolute atomic E-state index is 15.2. The highest BCUT2D eigenvalue weighted by Crippen LogP contribution is 2.52. The van der Waals surface area contributed by atoms with E-state index in [-0.39, 0.29) is 11.6 Å². The molecule has 0 fully saturated rings. The van der Waals surface area contributed by atoms with Crippen LogP contribution in [-0.2, 0) is 35.3 Å². The first-order valence-electron chi connectivity index (χ1n) is 27.4. The zero-order valence-corrected chi connectivity index (χ0v) is 44.6. The number of allylic oxidation sites excluding steroid dienone is 8. The zero-order chi connectivity index (χ0) is 54.7. The van der Waals surface area contributed by atoms with Gasteiger partial charge in [0.15, 0.2) is 11.6 Å². The van der Waals surface area contributed by atoms with Gasteiger partial charge in [-0.15, -0.1) is 0 Å². The van der Waals surface area contributed by atoms with E-state index in [1.165, 1.54) is 11.1 Å². The van der Waals surface area contributed by atoms with Crippen LogP contribution in [0.5, 0.6) is 11.5 Å². The van der Waals surface area contributed by atoms with Crippen molar-refractivity contribution >= 4 is 56.2 Å². The number of hydrogen-bond donors (Lipinski definition) is 0. The molecule has 12 rings (SSSR count). The summed E-state index contributed by atoms with van der Waals surface area (Å²) in [6.07, 6.45) is 2.53. The molecule has 2 aliphatic carbocycles. The third-order valence-corrected chi connectivity index (χ3v) is 14.7. The largest absolute Gasteiger partial charge is 0.457 e.